The summed E-state index contributed by atoms with van der Waals surface area (Å²) in [4.78, 5) is 11.3. The molecular formula is C11H11BrFNO. The normalized spacial score (nSPS) is 9.73. The summed E-state index contributed by atoms with van der Waals surface area (Å²) in [6.45, 7) is 4.00. The number of rotatable bonds is 4. The van der Waals surface area contributed by atoms with Crippen LogP contribution in [0.1, 0.15) is 5.56 Å². The molecule has 80 valence electrons. The Hall–Kier alpha value is -1.16. The molecule has 0 aliphatic rings. The van der Waals surface area contributed by atoms with Gasteiger partial charge in [-0.3, -0.25) is 4.79 Å². The van der Waals surface area contributed by atoms with Crippen LogP contribution >= 0.6 is 15.9 Å². The van der Waals surface area contributed by atoms with E-state index in [0.717, 1.165) is 10.0 Å². The minimum absolute atomic E-state index is 0.109. The number of carbonyl (C=O) groups is 1. The molecule has 0 aromatic heterocycles. The van der Waals surface area contributed by atoms with Crippen molar-refractivity contribution >= 4 is 21.8 Å². The topological polar surface area (TPSA) is 29.1 Å². The number of amides is 1. The van der Waals surface area contributed by atoms with Gasteiger partial charge in [-0.25, -0.2) is 4.39 Å². The zero-order valence-electron chi connectivity index (χ0n) is 8.09. The molecule has 1 N–H and O–H groups in total. The average molecular weight is 272 g/mol. The van der Waals surface area contributed by atoms with E-state index in [4.69, 9.17) is 0 Å². The molecule has 0 saturated heterocycles. The molecule has 0 unspecified atom stereocenters. The van der Waals surface area contributed by atoms with E-state index >= 15 is 0 Å². The molecule has 0 atom stereocenters. The van der Waals surface area contributed by atoms with Gasteiger partial charge < -0.3 is 5.32 Å². The summed E-state index contributed by atoms with van der Waals surface area (Å²) in [7, 11) is 0. The van der Waals surface area contributed by atoms with Crippen LogP contribution in [0.15, 0.2) is 35.3 Å². The van der Waals surface area contributed by atoms with Crippen LogP contribution in [-0.4, -0.2) is 12.5 Å². The van der Waals surface area contributed by atoms with E-state index in [9.17, 15) is 9.18 Å². The van der Waals surface area contributed by atoms with Crippen LogP contribution in [0.5, 0.6) is 0 Å². The molecule has 0 fully saturated rings. The summed E-state index contributed by atoms with van der Waals surface area (Å²) in [5, 5.41) is 2.67. The second kappa shape index (κ2) is 5.66. The first-order valence-electron chi connectivity index (χ1n) is 4.42. The number of hydrogen-bond donors (Lipinski definition) is 1. The summed E-state index contributed by atoms with van der Waals surface area (Å²) < 4.78 is 13.3. The first kappa shape index (κ1) is 11.9. The van der Waals surface area contributed by atoms with Gasteiger partial charge in [-0.2, -0.15) is 0 Å². The maximum Gasteiger partial charge on any atom is 0.224 e. The Morgan fingerprint density at radius 2 is 2.00 bits per heavy atom. The minimum atomic E-state index is -0.298. The van der Waals surface area contributed by atoms with Crippen molar-refractivity contribution in [2.24, 2.45) is 0 Å². The summed E-state index contributed by atoms with van der Waals surface area (Å²) >= 11 is 3.14. The fraction of sp³-hybridized carbons (Fsp3) is 0.182. The highest BCUT2D eigenvalue weighted by Gasteiger charge is 2.02. The van der Waals surface area contributed by atoms with Crippen LogP contribution in [0.4, 0.5) is 4.39 Å². The van der Waals surface area contributed by atoms with Gasteiger partial charge >= 0.3 is 0 Å². The molecule has 0 aliphatic carbocycles. The zero-order chi connectivity index (χ0) is 11.3. The van der Waals surface area contributed by atoms with Crippen molar-refractivity contribution < 1.29 is 9.18 Å². The highest BCUT2D eigenvalue weighted by Crippen LogP contribution is 2.03. The van der Waals surface area contributed by atoms with Crippen molar-refractivity contribution in [1.29, 1.82) is 0 Å². The van der Waals surface area contributed by atoms with Crippen molar-refractivity contribution in [1.82, 2.24) is 5.32 Å². The number of carbonyl (C=O) groups excluding carboxylic acids is 1. The Morgan fingerprint density at radius 1 is 1.40 bits per heavy atom. The fourth-order valence-electron chi connectivity index (χ4n) is 1.04. The van der Waals surface area contributed by atoms with Crippen LogP contribution in [0.25, 0.3) is 0 Å². The molecule has 0 heterocycles. The van der Waals surface area contributed by atoms with Crippen molar-refractivity contribution in [3.8, 4) is 0 Å². The molecule has 15 heavy (non-hydrogen) atoms. The lowest BCUT2D eigenvalue weighted by atomic mass is 10.1. The lowest BCUT2D eigenvalue weighted by Crippen LogP contribution is -2.25. The van der Waals surface area contributed by atoms with Crippen LogP contribution in [-0.2, 0) is 11.2 Å². The SMILES string of the molecule is C=C(Br)CNC(=O)Cc1ccc(F)cc1. The molecule has 0 bridgehead atoms. The van der Waals surface area contributed by atoms with Gasteiger partial charge in [-0.15, -0.1) is 0 Å². The van der Waals surface area contributed by atoms with Gasteiger partial charge in [0.05, 0.1) is 6.42 Å². The number of hydrogen-bond acceptors (Lipinski definition) is 1. The van der Waals surface area contributed by atoms with E-state index < -0.39 is 0 Å². The standard InChI is InChI=1S/C11H11BrFNO/c1-8(12)7-14-11(15)6-9-2-4-10(13)5-3-9/h2-5H,1,6-7H2,(H,14,15). The maximum absolute atomic E-state index is 12.6. The lowest BCUT2D eigenvalue weighted by Gasteiger charge is -2.03. The molecule has 0 saturated carbocycles. The van der Waals surface area contributed by atoms with Crippen LogP contribution < -0.4 is 5.32 Å². The summed E-state index contributed by atoms with van der Waals surface area (Å²) in [6, 6.07) is 5.87. The molecule has 2 nitrogen and oxygen atoms in total. The largest absolute Gasteiger partial charge is 0.351 e. The van der Waals surface area contributed by atoms with Crippen molar-refractivity contribution in [3.63, 3.8) is 0 Å². The summed E-state index contributed by atoms with van der Waals surface area (Å²) in [5.74, 6) is -0.407. The van der Waals surface area contributed by atoms with E-state index in [0.29, 0.717) is 6.54 Å². The highest BCUT2D eigenvalue weighted by atomic mass is 79.9. The minimum Gasteiger partial charge on any atom is -0.351 e. The quantitative estimate of drug-likeness (QED) is 0.895. The Balaban J connectivity index is 2.44. The van der Waals surface area contributed by atoms with E-state index in [-0.39, 0.29) is 18.1 Å². The smallest absolute Gasteiger partial charge is 0.224 e. The predicted molar refractivity (Wildman–Crippen MR) is 61.2 cm³/mol. The first-order chi connectivity index (χ1) is 7.08. The van der Waals surface area contributed by atoms with Gasteiger partial charge in [-0.05, 0) is 17.7 Å². The van der Waals surface area contributed by atoms with Crippen molar-refractivity contribution in [3.05, 3.63) is 46.7 Å². The second-order valence-electron chi connectivity index (χ2n) is 3.10. The van der Waals surface area contributed by atoms with Crippen molar-refractivity contribution in [2.75, 3.05) is 6.54 Å². The molecule has 0 radical (unpaired) electrons. The number of nitrogens with one attached hydrogen (secondary N) is 1. The average Bonchev–Trinajstić information content (AvgIpc) is 2.19. The Bertz CT molecular complexity index is 361. The summed E-state index contributed by atoms with van der Waals surface area (Å²) in [6.07, 6.45) is 0.251. The molecule has 1 aromatic carbocycles. The van der Waals surface area contributed by atoms with Crippen LogP contribution in [0, 0.1) is 5.82 Å². The molecule has 1 amide bonds. The van der Waals surface area contributed by atoms with Crippen molar-refractivity contribution in [2.45, 2.75) is 6.42 Å². The van der Waals surface area contributed by atoms with Gasteiger partial charge in [0.2, 0.25) is 5.91 Å². The third-order valence-corrected chi connectivity index (χ3v) is 2.04. The summed E-state index contributed by atoms with van der Waals surface area (Å²) in [5.41, 5.74) is 0.786. The molecular weight excluding hydrogens is 261 g/mol. The molecule has 1 rings (SSSR count). The predicted octanol–water partition coefficient (Wildman–Crippen LogP) is 2.39. The van der Waals surface area contributed by atoms with E-state index in [1.807, 2.05) is 0 Å². The van der Waals surface area contributed by atoms with Crippen LogP contribution in [0.3, 0.4) is 0 Å². The third kappa shape index (κ3) is 4.74. The molecule has 1 aromatic rings. The van der Waals surface area contributed by atoms with Gasteiger partial charge in [0.25, 0.3) is 0 Å². The number of benzene rings is 1. The van der Waals surface area contributed by atoms with Gasteiger partial charge in [-0.1, -0.05) is 34.6 Å². The second-order valence-corrected chi connectivity index (χ2v) is 4.22. The first-order valence-corrected chi connectivity index (χ1v) is 5.21. The molecule has 0 spiro atoms. The number of halogens is 2. The fourth-order valence-corrected chi connectivity index (χ4v) is 1.18. The molecule has 0 aliphatic heterocycles. The van der Waals surface area contributed by atoms with Crippen LogP contribution in [0.2, 0.25) is 0 Å². The monoisotopic (exact) mass is 271 g/mol. The third-order valence-electron chi connectivity index (χ3n) is 1.76. The Morgan fingerprint density at radius 3 is 2.53 bits per heavy atom. The lowest BCUT2D eigenvalue weighted by molar-refractivity contribution is -0.120. The van der Waals surface area contributed by atoms with Gasteiger partial charge in [0.15, 0.2) is 0 Å². The van der Waals surface area contributed by atoms with Gasteiger partial charge in [0, 0.05) is 11.0 Å². The molecule has 4 heteroatoms. The highest BCUT2D eigenvalue weighted by molar-refractivity contribution is 9.11. The Kier molecular flexibility index (Phi) is 4.49. The van der Waals surface area contributed by atoms with E-state index in [1.165, 1.54) is 12.1 Å². The maximum atomic E-state index is 12.6. The van der Waals surface area contributed by atoms with Gasteiger partial charge in [0.1, 0.15) is 5.82 Å². The Labute approximate surface area is 96.3 Å². The van der Waals surface area contributed by atoms with E-state index in [1.54, 1.807) is 12.1 Å². The zero-order valence-corrected chi connectivity index (χ0v) is 9.68. The van der Waals surface area contributed by atoms with E-state index in [2.05, 4.69) is 27.8 Å².